The minimum absolute atomic E-state index is 0.333. The Balaban J connectivity index is 1.95. The Bertz CT molecular complexity index is 689. The summed E-state index contributed by atoms with van der Waals surface area (Å²) in [4.78, 5) is 13.9. The molecule has 2 aliphatic heterocycles. The normalized spacial score (nSPS) is 21.6. The summed E-state index contributed by atoms with van der Waals surface area (Å²) < 4.78 is 0. The maximum Gasteiger partial charge on any atom is 0.223 e. The second-order valence-electron chi connectivity index (χ2n) is 5.75. The first kappa shape index (κ1) is 11.0. The molecule has 1 fully saturated rings. The fourth-order valence-electron chi connectivity index (χ4n) is 3.67. The fourth-order valence-corrected chi connectivity index (χ4v) is 3.67. The van der Waals surface area contributed by atoms with Crippen LogP contribution in [0.15, 0.2) is 30.3 Å². The van der Waals surface area contributed by atoms with Crippen molar-refractivity contribution in [2.45, 2.75) is 32.2 Å². The molecule has 2 aromatic carbocycles. The Morgan fingerprint density at radius 3 is 2.89 bits per heavy atom. The molecule has 2 aliphatic rings. The van der Waals surface area contributed by atoms with Crippen LogP contribution in [0.2, 0.25) is 0 Å². The number of benzene rings is 2. The fraction of sp³-hybridized carbons (Fsp3) is 0.353. The number of rotatable bonds is 0. The number of carbonyl (C=O) groups excluding carboxylic acids is 1. The second kappa shape index (κ2) is 3.83. The van der Waals surface area contributed by atoms with Gasteiger partial charge < -0.3 is 4.90 Å². The van der Waals surface area contributed by atoms with Crippen molar-refractivity contribution in [3.63, 3.8) is 0 Å². The third kappa shape index (κ3) is 1.52. The van der Waals surface area contributed by atoms with Crippen LogP contribution in [-0.2, 0) is 11.2 Å². The van der Waals surface area contributed by atoms with Crippen molar-refractivity contribution in [2.24, 2.45) is 0 Å². The van der Waals surface area contributed by atoms with Crippen molar-refractivity contribution in [3.8, 4) is 0 Å². The van der Waals surface area contributed by atoms with Gasteiger partial charge in [0.15, 0.2) is 0 Å². The van der Waals surface area contributed by atoms with E-state index >= 15 is 0 Å². The van der Waals surface area contributed by atoms with Gasteiger partial charge in [0.1, 0.15) is 0 Å². The molecule has 96 valence electrons. The molecule has 2 heteroatoms. The summed E-state index contributed by atoms with van der Waals surface area (Å²) in [5.74, 6) is 0.333. The minimum Gasteiger partial charge on any atom is -0.335 e. The molecule has 2 aromatic rings. The minimum atomic E-state index is 0.333. The Hall–Kier alpha value is -1.83. The second-order valence-corrected chi connectivity index (χ2v) is 5.75. The Morgan fingerprint density at radius 2 is 2.00 bits per heavy atom. The first-order chi connectivity index (χ1) is 9.24. The quantitative estimate of drug-likeness (QED) is 0.703. The lowest BCUT2D eigenvalue weighted by Gasteiger charge is -2.32. The zero-order chi connectivity index (χ0) is 13.0. The lowest BCUT2D eigenvalue weighted by molar-refractivity contribution is -0.129. The zero-order valence-electron chi connectivity index (χ0n) is 11.1. The SMILES string of the molecule is Cc1ccc2ccc3c(c2c1)CCN1C(=O)CC[C@@H]31. The van der Waals surface area contributed by atoms with Gasteiger partial charge in [-0.1, -0.05) is 35.9 Å². The van der Waals surface area contributed by atoms with Gasteiger partial charge >= 0.3 is 0 Å². The van der Waals surface area contributed by atoms with Crippen molar-refractivity contribution in [1.82, 2.24) is 4.90 Å². The molecule has 0 radical (unpaired) electrons. The van der Waals surface area contributed by atoms with Crippen molar-refractivity contribution >= 4 is 16.7 Å². The molecule has 1 saturated heterocycles. The van der Waals surface area contributed by atoms with Crippen molar-refractivity contribution in [1.29, 1.82) is 0 Å². The van der Waals surface area contributed by atoms with Crippen LogP contribution in [0, 0.1) is 6.92 Å². The van der Waals surface area contributed by atoms with E-state index in [9.17, 15) is 4.79 Å². The van der Waals surface area contributed by atoms with Crippen LogP contribution in [0.4, 0.5) is 0 Å². The van der Waals surface area contributed by atoms with E-state index in [1.807, 2.05) is 0 Å². The molecule has 0 aromatic heterocycles. The Morgan fingerprint density at radius 1 is 1.16 bits per heavy atom. The van der Waals surface area contributed by atoms with Gasteiger partial charge in [0, 0.05) is 13.0 Å². The number of hydrogen-bond donors (Lipinski definition) is 0. The molecule has 0 spiro atoms. The molecule has 1 atom stereocenters. The number of aryl methyl sites for hydroxylation is 1. The van der Waals surface area contributed by atoms with E-state index in [0.29, 0.717) is 11.9 Å². The van der Waals surface area contributed by atoms with Crippen LogP contribution < -0.4 is 0 Å². The molecule has 2 heterocycles. The first-order valence-electron chi connectivity index (χ1n) is 7.05. The molecule has 2 nitrogen and oxygen atoms in total. The summed E-state index contributed by atoms with van der Waals surface area (Å²) in [5, 5.41) is 2.71. The van der Waals surface area contributed by atoms with Gasteiger partial charge in [-0.2, -0.15) is 0 Å². The van der Waals surface area contributed by atoms with Gasteiger partial charge in [-0.05, 0) is 41.7 Å². The first-order valence-corrected chi connectivity index (χ1v) is 7.05. The predicted molar refractivity (Wildman–Crippen MR) is 76.1 cm³/mol. The summed E-state index contributed by atoms with van der Waals surface area (Å²) >= 11 is 0. The number of carbonyl (C=O) groups is 1. The highest BCUT2D eigenvalue weighted by Gasteiger charge is 2.36. The highest BCUT2D eigenvalue weighted by atomic mass is 16.2. The maximum absolute atomic E-state index is 11.9. The third-order valence-corrected chi connectivity index (χ3v) is 4.61. The largest absolute Gasteiger partial charge is 0.335 e. The Kier molecular flexibility index (Phi) is 2.22. The van der Waals surface area contributed by atoms with E-state index in [1.54, 1.807) is 0 Å². The van der Waals surface area contributed by atoms with Crippen LogP contribution in [0.25, 0.3) is 10.8 Å². The zero-order valence-corrected chi connectivity index (χ0v) is 11.1. The average Bonchev–Trinajstić information content (AvgIpc) is 2.80. The molecule has 0 N–H and O–H groups in total. The van der Waals surface area contributed by atoms with Gasteiger partial charge in [-0.15, -0.1) is 0 Å². The van der Waals surface area contributed by atoms with Gasteiger partial charge in [0.05, 0.1) is 6.04 Å². The predicted octanol–water partition coefficient (Wildman–Crippen LogP) is 3.37. The van der Waals surface area contributed by atoms with Crippen molar-refractivity contribution < 1.29 is 4.79 Å². The van der Waals surface area contributed by atoms with E-state index < -0.39 is 0 Å². The monoisotopic (exact) mass is 251 g/mol. The van der Waals surface area contributed by atoms with Gasteiger partial charge in [-0.3, -0.25) is 4.79 Å². The molecule has 1 amide bonds. The third-order valence-electron chi connectivity index (χ3n) is 4.61. The smallest absolute Gasteiger partial charge is 0.223 e. The van der Waals surface area contributed by atoms with E-state index in [4.69, 9.17) is 0 Å². The summed E-state index contributed by atoms with van der Waals surface area (Å²) in [5.41, 5.74) is 4.16. The van der Waals surface area contributed by atoms with Crippen molar-refractivity contribution in [3.05, 3.63) is 47.0 Å². The summed E-state index contributed by atoms with van der Waals surface area (Å²) in [6.07, 6.45) is 2.71. The number of nitrogens with zero attached hydrogens (tertiary/aromatic N) is 1. The van der Waals surface area contributed by atoms with Crippen LogP contribution >= 0.6 is 0 Å². The van der Waals surface area contributed by atoms with Crippen LogP contribution in [0.5, 0.6) is 0 Å². The van der Waals surface area contributed by atoms with Gasteiger partial charge in [-0.25, -0.2) is 0 Å². The molecule has 0 aliphatic carbocycles. The standard InChI is InChI=1S/C17H17NO/c1-11-2-3-12-4-5-14-13(15(12)10-11)8-9-18-16(14)6-7-17(18)19/h2-5,10,16H,6-9H2,1H3/t16-/m0/s1. The number of amides is 1. The summed E-state index contributed by atoms with van der Waals surface area (Å²) in [6, 6.07) is 11.4. The van der Waals surface area contributed by atoms with E-state index in [-0.39, 0.29) is 0 Å². The lowest BCUT2D eigenvalue weighted by atomic mass is 9.88. The summed E-state index contributed by atoms with van der Waals surface area (Å²) in [6.45, 7) is 3.04. The van der Waals surface area contributed by atoms with Gasteiger partial charge in [0.2, 0.25) is 5.91 Å². The van der Waals surface area contributed by atoms with Crippen LogP contribution in [0.3, 0.4) is 0 Å². The molecular weight excluding hydrogens is 234 g/mol. The van der Waals surface area contributed by atoms with Crippen LogP contribution in [0.1, 0.15) is 35.6 Å². The molecule has 4 rings (SSSR count). The molecule has 0 bridgehead atoms. The number of fused-ring (bicyclic) bond motifs is 5. The highest BCUT2D eigenvalue weighted by molar-refractivity contribution is 5.89. The molecule has 19 heavy (non-hydrogen) atoms. The number of hydrogen-bond acceptors (Lipinski definition) is 1. The van der Waals surface area contributed by atoms with Crippen LogP contribution in [-0.4, -0.2) is 17.4 Å². The van der Waals surface area contributed by atoms with E-state index in [2.05, 4.69) is 42.2 Å². The Labute approximate surface area is 113 Å². The summed E-state index contributed by atoms with van der Waals surface area (Å²) in [7, 11) is 0. The van der Waals surface area contributed by atoms with E-state index in [0.717, 1.165) is 25.8 Å². The topological polar surface area (TPSA) is 20.3 Å². The van der Waals surface area contributed by atoms with Crippen molar-refractivity contribution in [2.75, 3.05) is 6.54 Å². The van der Waals surface area contributed by atoms with Gasteiger partial charge in [0.25, 0.3) is 0 Å². The highest BCUT2D eigenvalue weighted by Crippen LogP contribution is 2.40. The average molecular weight is 251 g/mol. The lowest BCUT2D eigenvalue weighted by Crippen LogP contribution is -2.34. The molecule has 0 saturated carbocycles. The molecule has 0 unspecified atom stereocenters. The maximum atomic E-state index is 11.9. The molecular formula is C17H17NO. The van der Waals surface area contributed by atoms with E-state index in [1.165, 1.54) is 27.5 Å².